The Balaban J connectivity index is 1.42. The number of ether oxygens (including phenoxy) is 1. The van der Waals surface area contributed by atoms with E-state index in [0.29, 0.717) is 13.3 Å². The van der Waals surface area contributed by atoms with Gasteiger partial charge in [-0.2, -0.15) is 0 Å². The number of amides is 1. The highest BCUT2D eigenvalue weighted by Crippen LogP contribution is 2.34. The smallest absolute Gasteiger partial charge is 0.242 e. The SMILES string of the molecule is O=C1NCNC1c1cnccc1Sc1ccc(OCc2cncc(CO)c2)cc1. The number of pyridine rings is 2. The van der Waals surface area contributed by atoms with Gasteiger partial charge in [0.1, 0.15) is 18.4 Å². The average molecular weight is 408 g/mol. The zero-order valence-corrected chi connectivity index (χ0v) is 16.4. The van der Waals surface area contributed by atoms with E-state index < -0.39 is 0 Å². The molecule has 3 N–H and O–H groups in total. The number of aromatic nitrogens is 2. The van der Waals surface area contributed by atoms with Crippen LogP contribution in [0.2, 0.25) is 0 Å². The molecule has 1 atom stereocenters. The number of hydrogen-bond donors (Lipinski definition) is 3. The number of aliphatic hydroxyl groups is 1. The fourth-order valence-electron chi connectivity index (χ4n) is 2.99. The lowest BCUT2D eigenvalue weighted by molar-refractivity contribution is -0.120. The van der Waals surface area contributed by atoms with Gasteiger partial charge in [-0.25, -0.2) is 0 Å². The highest BCUT2D eigenvalue weighted by molar-refractivity contribution is 7.99. The van der Waals surface area contributed by atoms with Crippen molar-refractivity contribution < 1.29 is 14.6 Å². The number of hydrogen-bond acceptors (Lipinski definition) is 7. The molecule has 0 bridgehead atoms. The quantitative estimate of drug-likeness (QED) is 0.552. The maximum Gasteiger partial charge on any atom is 0.242 e. The van der Waals surface area contributed by atoms with Gasteiger partial charge in [0.15, 0.2) is 0 Å². The molecule has 0 radical (unpaired) electrons. The second kappa shape index (κ2) is 9.04. The highest BCUT2D eigenvalue weighted by atomic mass is 32.2. The highest BCUT2D eigenvalue weighted by Gasteiger charge is 2.27. The van der Waals surface area contributed by atoms with E-state index in [1.807, 2.05) is 36.4 Å². The molecule has 4 rings (SSSR count). The zero-order valence-electron chi connectivity index (χ0n) is 15.5. The van der Waals surface area contributed by atoms with Crippen LogP contribution in [-0.4, -0.2) is 27.7 Å². The van der Waals surface area contributed by atoms with E-state index in [-0.39, 0.29) is 18.6 Å². The van der Waals surface area contributed by atoms with Gasteiger partial charge in [0.25, 0.3) is 0 Å². The van der Waals surface area contributed by atoms with Crippen molar-refractivity contribution in [1.82, 2.24) is 20.6 Å². The summed E-state index contributed by atoms with van der Waals surface area (Å²) >= 11 is 1.58. The van der Waals surface area contributed by atoms with Crippen LogP contribution < -0.4 is 15.4 Å². The summed E-state index contributed by atoms with van der Waals surface area (Å²) in [5, 5.41) is 15.1. The van der Waals surface area contributed by atoms with E-state index in [2.05, 4.69) is 20.6 Å². The number of carbonyl (C=O) groups is 1. The molecule has 1 saturated heterocycles. The summed E-state index contributed by atoms with van der Waals surface area (Å²) in [4.78, 5) is 22.3. The third kappa shape index (κ3) is 4.73. The van der Waals surface area contributed by atoms with Crippen LogP contribution in [0.25, 0.3) is 0 Å². The lowest BCUT2D eigenvalue weighted by Crippen LogP contribution is -2.20. The second-order valence-electron chi connectivity index (χ2n) is 6.49. The first-order valence-corrected chi connectivity index (χ1v) is 9.94. The van der Waals surface area contributed by atoms with Gasteiger partial charge in [0.05, 0.1) is 13.3 Å². The topological polar surface area (TPSA) is 96.4 Å². The normalized spacial score (nSPS) is 15.9. The van der Waals surface area contributed by atoms with Crippen LogP contribution in [0.4, 0.5) is 0 Å². The van der Waals surface area contributed by atoms with Gasteiger partial charge in [-0.15, -0.1) is 0 Å². The Kier molecular flexibility index (Phi) is 6.04. The van der Waals surface area contributed by atoms with Gasteiger partial charge in [-0.05, 0) is 42.0 Å². The van der Waals surface area contributed by atoms with E-state index in [1.165, 1.54) is 0 Å². The van der Waals surface area contributed by atoms with Gasteiger partial charge in [0.2, 0.25) is 5.91 Å². The Morgan fingerprint density at radius 3 is 2.69 bits per heavy atom. The van der Waals surface area contributed by atoms with Crippen molar-refractivity contribution in [3.05, 3.63) is 77.9 Å². The minimum Gasteiger partial charge on any atom is -0.489 e. The fourth-order valence-corrected chi connectivity index (χ4v) is 3.94. The fraction of sp³-hybridized carbons (Fsp3) is 0.190. The van der Waals surface area contributed by atoms with Gasteiger partial charge in [-0.1, -0.05) is 11.8 Å². The van der Waals surface area contributed by atoms with Crippen LogP contribution in [-0.2, 0) is 18.0 Å². The molecule has 1 aliphatic rings. The molecule has 1 amide bonds. The number of aliphatic hydroxyl groups excluding tert-OH is 1. The summed E-state index contributed by atoms with van der Waals surface area (Å²) in [6.45, 7) is 0.803. The van der Waals surface area contributed by atoms with Crippen LogP contribution in [0.3, 0.4) is 0 Å². The van der Waals surface area contributed by atoms with Crippen molar-refractivity contribution in [3.8, 4) is 5.75 Å². The molecule has 29 heavy (non-hydrogen) atoms. The molecule has 0 spiro atoms. The summed E-state index contributed by atoms with van der Waals surface area (Å²) in [5.41, 5.74) is 2.53. The Bertz CT molecular complexity index is 997. The van der Waals surface area contributed by atoms with Crippen molar-refractivity contribution >= 4 is 17.7 Å². The number of carbonyl (C=O) groups excluding carboxylic acids is 1. The zero-order chi connectivity index (χ0) is 20.1. The number of nitrogens with zero attached hydrogens (tertiary/aromatic N) is 2. The summed E-state index contributed by atoms with van der Waals surface area (Å²) in [7, 11) is 0. The summed E-state index contributed by atoms with van der Waals surface area (Å²) in [5.74, 6) is 0.707. The molecule has 8 heteroatoms. The first-order valence-electron chi connectivity index (χ1n) is 9.12. The first-order chi connectivity index (χ1) is 14.2. The molecule has 0 saturated carbocycles. The lowest BCUT2D eigenvalue weighted by Gasteiger charge is -2.13. The monoisotopic (exact) mass is 408 g/mol. The summed E-state index contributed by atoms with van der Waals surface area (Å²) < 4.78 is 5.81. The Labute approximate surface area is 172 Å². The molecule has 1 unspecified atom stereocenters. The first kappa shape index (κ1) is 19.4. The van der Waals surface area contributed by atoms with Gasteiger partial charge >= 0.3 is 0 Å². The third-order valence-electron chi connectivity index (χ3n) is 4.44. The Morgan fingerprint density at radius 1 is 1.10 bits per heavy atom. The molecule has 0 aliphatic carbocycles. The average Bonchev–Trinajstić information content (AvgIpc) is 3.19. The molecule has 7 nitrogen and oxygen atoms in total. The molecule has 1 fully saturated rings. The van der Waals surface area contributed by atoms with E-state index in [4.69, 9.17) is 4.74 Å². The van der Waals surface area contributed by atoms with Crippen LogP contribution >= 0.6 is 11.8 Å². The predicted octanol–water partition coefficient (Wildman–Crippen LogP) is 2.42. The molecule has 3 aromatic rings. The molecular formula is C21H20N4O3S. The standard InChI is InChI=1S/C21H20N4O3S/c26-11-14-7-15(9-23-8-14)12-28-16-1-3-17(4-2-16)29-19-5-6-22-10-18(19)20-21(27)25-13-24-20/h1-10,20,24,26H,11-13H2,(H,25,27). The van der Waals surface area contributed by atoms with Crippen molar-refractivity contribution in [3.63, 3.8) is 0 Å². The van der Waals surface area contributed by atoms with Gasteiger partial charge in [-0.3, -0.25) is 20.1 Å². The van der Waals surface area contributed by atoms with E-state index >= 15 is 0 Å². The van der Waals surface area contributed by atoms with E-state index in [0.717, 1.165) is 32.2 Å². The molecule has 1 aliphatic heterocycles. The van der Waals surface area contributed by atoms with Crippen LogP contribution in [0.1, 0.15) is 22.7 Å². The van der Waals surface area contributed by atoms with Gasteiger partial charge in [0, 0.05) is 45.7 Å². The minimum atomic E-state index is -0.378. The van der Waals surface area contributed by atoms with E-state index in [9.17, 15) is 9.90 Å². The number of benzene rings is 1. The second-order valence-corrected chi connectivity index (χ2v) is 7.61. The van der Waals surface area contributed by atoms with Crippen LogP contribution in [0, 0.1) is 0 Å². The Morgan fingerprint density at radius 2 is 1.93 bits per heavy atom. The van der Waals surface area contributed by atoms with Crippen molar-refractivity contribution in [2.24, 2.45) is 0 Å². The predicted molar refractivity (Wildman–Crippen MR) is 108 cm³/mol. The van der Waals surface area contributed by atoms with Crippen molar-refractivity contribution in [1.29, 1.82) is 0 Å². The van der Waals surface area contributed by atoms with Crippen molar-refractivity contribution in [2.75, 3.05) is 6.67 Å². The molecule has 1 aromatic carbocycles. The van der Waals surface area contributed by atoms with Crippen LogP contribution in [0.15, 0.2) is 71.0 Å². The molecule has 2 aromatic heterocycles. The van der Waals surface area contributed by atoms with Gasteiger partial charge < -0.3 is 15.2 Å². The Hall–Kier alpha value is -2.94. The number of nitrogens with one attached hydrogen (secondary N) is 2. The lowest BCUT2D eigenvalue weighted by atomic mass is 10.1. The largest absolute Gasteiger partial charge is 0.489 e. The maximum absolute atomic E-state index is 12.0. The minimum absolute atomic E-state index is 0.0386. The summed E-state index contributed by atoms with van der Waals surface area (Å²) in [6.07, 6.45) is 6.82. The van der Waals surface area contributed by atoms with E-state index in [1.54, 1.807) is 36.5 Å². The number of rotatable bonds is 7. The van der Waals surface area contributed by atoms with Crippen molar-refractivity contribution in [2.45, 2.75) is 29.0 Å². The third-order valence-corrected chi connectivity index (χ3v) is 5.54. The molecule has 3 heterocycles. The maximum atomic E-state index is 12.0. The summed E-state index contributed by atoms with van der Waals surface area (Å²) in [6, 6.07) is 11.2. The molecule has 148 valence electrons. The molecular weight excluding hydrogens is 388 g/mol. The van der Waals surface area contributed by atoms with Crippen LogP contribution in [0.5, 0.6) is 5.75 Å².